The lowest BCUT2D eigenvalue weighted by Gasteiger charge is -2.26. The Morgan fingerprint density at radius 3 is 2.38 bits per heavy atom. The smallest absolute Gasteiger partial charge is 0.340 e. The molecule has 0 atom stereocenters. The van der Waals surface area contributed by atoms with Gasteiger partial charge >= 0.3 is 5.97 Å². The van der Waals surface area contributed by atoms with Gasteiger partial charge < -0.3 is 20.3 Å². The molecule has 0 aromatic heterocycles. The highest BCUT2D eigenvalue weighted by Crippen LogP contribution is 2.27. The number of ether oxygens (including phenoxy) is 1. The zero-order valence-electron chi connectivity index (χ0n) is 13.0. The summed E-state index contributed by atoms with van der Waals surface area (Å²) >= 11 is 0. The maximum absolute atomic E-state index is 12.2. The first-order chi connectivity index (χ1) is 9.96. The molecule has 0 unspecified atom stereocenters. The first kappa shape index (κ1) is 16.8. The molecule has 0 aliphatic carbocycles. The molecular formula is C15H23N3O3. The van der Waals surface area contributed by atoms with Crippen LogP contribution in [0.15, 0.2) is 18.2 Å². The highest BCUT2D eigenvalue weighted by atomic mass is 16.5. The summed E-state index contributed by atoms with van der Waals surface area (Å²) in [5.74, 6) is -0.485. The van der Waals surface area contributed by atoms with Crippen LogP contribution in [-0.4, -0.2) is 50.6 Å². The summed E-state index contributed by atoms with van der Waals surface area (Å²) in [5.41, 5.74) is 7.27. The van der Waals surface area contributed by atoms with Gasteiger partial charge in [-0.3, -0.25) is 4.79 Å². The summed E-state index contributed by atoms with van der Waals surface area (Å²) in [7, 11) is 3.05. The molecule has 2 N–H and O–H groups in total. The predicted molar refractivity (Wildman–Crippen MR) is 83.4 cm³/mol. The minimum Gasteiger partial charge on any atom is -0.465 e. The number of benzene rings is 1. The van der Waals surface area contributed by atoms with Crippen LogP contribution in [-0.2, 0) is 9.53 Å². The van der Waals surface area contributed by atoms with Gasteiger partial charge in [0.05, 0.1) is 30.6 Å². The Balaban J connectivity index is 3.04. The zero-order valence-corrected chi connectivity index (χ0v) is 13.0. The average molecular weight is 293 g/mol. The Morgan fingerprint density at radius 2 is 1.86 bits per heavy atom. The van der Waals surface area contributed by atoms with E-state index in [-0.39, 0.29) is 12.5 Å². The van der Waals surface area contributed by atoms with Gasteiger partial charge in [0.1, 0.15) is 0 Å². The topological polar surface area (TPSA) is 75.9 Å². The van der Waals surface area contributed by atoms with E-state index in [1.807, 2.05) is 13.8 Å². The van der Waals surface area contributed by atoms with Crippen molar-refractivity contribution in [3.63, 3.8) is 0 Å². The Morgan fingerprint density at radius 1 is 1.24 bits per heavy atom. The van der Waals surface area contributed by atoms with E-state index >= 15 is 0 Å². The van der Waals surface area contributed by atoms with Crippen LogP contribution in [0, 0.1) is 0 Å². The Bertz CT molecular complexity index is 513. The normalized spacial score (nSPS) is 10.1. The number of para-hydroxylation sites is 1. The van der Waals surface area contributed by atoms with Gasteiger partial charge in [-0.15, -0.1) is 0 Å². The van der Waals surface area contributed by atoms with Gasteiger partial charge in [0.25, 0.3) is 0 Å². The van der Waals surface area contributed by atoms with Crippen molar-refractivity contribution in [3.8, 4) is 0 Å². The SMILES string of the molecule is CCN(CC)C(=O)CN(C)c1c(N)cccc1C(=O)OC. The molecule has 116 valence electrons. The highest BCUT2D eigenvalue weighted by Gasteiger charge is 2.20. The summed E-state index contributed by atoms with van der Waals surface area (Å²) in [4.78, 5) is 27.4. The number of rotatable bonds is 6. The lowest BCUT2D eigenvalue weighted by Crippen LogP contribution is -2.39. The molecule has 1 aromatic rings. The van der Waals surface area contributed by atoms with Crippen LogP contribution in [0.1, 0.15) is 24.2 Å². The maximum Gasteiger partial charge on any atom is 0.340 e. The van der Waals surface area contributed by atoms with Crippen molar-refractivity contribution in [2.75, 3.05) is 44.4 Å². The fourth-order valence-corrected chi connectivity index (χ4v) is 2.22. The Labute approximate surface area is 125 Å². The molecule has 0 aliphatic heterocycles. The van der Waals surface area contributed by atoms with Crippen LogP contribution in [0.3, 0.4) is 0 Å². The number of nitrogens with zero attached hydrogens (tertiary/aromatic N) is 2. The quantitative estimate of drug-likeness (QED) is 0.633. The van der Waals surface area contributed by atoms with E-state index < -0.39 is 5.97 Å². The van der Waals surface area contributed by atoms with Crippen molar-refractivity contribution in [2.24, 2.45) is 0 Å². The molecule has 6 heteroatoms. The van der Waals surface area contributed by atoms with E-state index in [0.717, 1.165) is 0 Å². The van der Waals surface area contributed by atoms with Gasteiger partial charge in [-0.05, 0) is 26.0 Å². The third-order valence-electron chi connectivity index (χ3n) is 3.34. The molecule has 0 spiro atoms. The van der Waals surface area contributed by atoms with Gasteiger partial charge in [0.2, 0.25) is 5.91 Å². The van der Waals surface area contributed by atoms with Gasteiger partial charge in [0, 0.05) is 20.1 Å². The van der Waals surface area contributed by atoms with Crippen molar-refractivity contribution in [1.82, 2.24) is 4.90 Å². The monoisotopic (exact) mass is 293 g/mol. The minimum atomic E-state index is -0.473. The molecule has 1 rings (SSSR count). The molecular weight excluding hydrogens is 270 g/mol. The lowest BCUT2D eigenvalue weighted by molar-refractivity contribution is -0.129. The Kier molecular flexibility index (Phi) is 6.02. The van der Waals surface area contributed by atoms with E-state index in [0.29, 0.717) is 30.0 Å². The van der Waals surface area contributed by atoms with Crippen LogP contribution in [0.2, 0.25) is 0 Å². The number of hydrogen-bond donors (Lipinski definition) is 1. The van der Waals surface area contributed by atoms with Crippen molar-refractivity contribution in [2.45, 2.75) is 13.8 Å². The second kappa shape index (κ2) is 7.52. The van der Waals surface area contributed by atoms with Crippen molar-refractivity contribution < 1.29 is 14.3 Å². The second-order valence-electron chi connectivity index (χ2n) is 4.66. The first-order valence-electron chi connectivity index (χ1n) is 6.91. The molecule has 0 aliphatic rings. The number of anilines is 2. The van der Waals surface area contributed by atoms with E-state index in [4.69, 9.17) is 10.5 Å². The number of nitrogen functional groups attached to an aromatic ring is 1. The third kappa shape index (κ3) is 3.87. The first-order valence-corrected chi connectivity index (χ1v) is 6.91. The molecule has 0 bridgehead atoms. The number of amides is 1. The van der Waals surface area contributed by atoms with Gasteiger partial charge in [-0.2, -0.15) is 0 Å². The number of carbonyl (C=O) groups excluding carboxylic acids is 2. The number of carbonyl (C=O) groups is 2. The van der Waals surface area contributed by atoms with Crippen molar-refractivity contribution >= 4 is 23.3 Å². The number of methoxy groups -OCH3 is 1. The standard InChI is InChI=1S/C15H23N3O3/c1-5-18(6-2)13(19)10-17(3)14-11(15(20)21-4)8-7-9-12(14)16/h7-9H,5-6,10,16H2,1-4H3. The number of esters is 1. The summed E-state index contributed by atoms with van der Waals surface area (Å²) in [5, 5.41) is 0. The lowest BCUT2D eigenvalue weighted by atomic mass is 10.1. The largest absolute Gasteiger partial charge is 0.465 e. The fraction of sp³-hybridized carbons (Fsp3) is 0.467. The van der Waals surface area contributed by atoms with Crippen molar-refractivity contribution in [3.05, 3.63) is 23.8 Å². The fourth-order valence-electron chi connectivity index (χ4n) is 2.22. The molecule has 0 heterocycles. The van der Waals surface area contributed by atoms with Crippen molar-refractivity contribution in [1.29, 1.82) is 0 Å². The molecule has 1 aromatic carbocycles. The van der Waals surface area contributed by atoms with Gasteiger partial charge in [-0.25, -0.2) is 4.79 Å². The molecule has 0 fully saturated rings. The zero-order chi connectivity index (χ0) is 16.0. The van der Waals surface area contributed by atoms with E-state index in [9.17, 15) is 9.59 Å². The van der Waals surface area contributed by atoms with Crippen LogP contribution in [0.5, 0.6) is 0 Å². The molecule has 1 amide bonds. The maximum atomic E-state index is 12.2. The predicted octanol–water partition coefficient (Wildman–Crippen LogP) is 1.36. The number of likely N-dealkylation sites (N-methyl/N-ethyl adjacent to an activating group) is 2. The van der Waals surface area contributed by atoms with Gasteiger partial charge in [-0.1, -0.05) is 6.07 Å². The molecule has 0 radical (unpaired) electrons. The molecule has 21 heavy (non-hydrogen) atoms. The van der Waals surface area contributed by atoms with E-state index in [2.05, 4.69) is 0 Å². The summed E-state index contributed by atoms with van der Waals surface area (Å²) < 4.78 is 4.76. The number of nitrogens with two attached hydrogens (primary N) is 1. The van der Waals surface area contributed by atoms with Crippen LogP contribution >= 0.6 is 0 Å². The average Bonchev–Trinajstić information content (AvgIpc) is 2.47. The highest BCUT2D eigenvalue weighted by molar-refractivity contribution is 5.99. The molecule has 0 saturated carbocycles. The summed E-state index contributed by atoms with van der Waals surface area (Å²) in [6, 6.07) is 5.02. The molecule has 0 saturated heterocycles. The van der Waals surface area contributed by atoms with Crippen LogP contribution < -0.4 is 10.6 Å². The summed E-state index contributed by atoms with van der Waals surface area (Å²) in [6.07, 6.45) is 0. The Hall–Kier alpha value is -2.24. The minimum absolute atomic E-state index is 0.0124. The van der Waals surface area contributed by atoms with Crippen LogP contribution in [0.25, 0.3) is 0 Å². The van der Waals surface area contributed by atoms with E-state index in [1.165, 1.54) is 7.11 Å². The van der Waals surface area contributed by atoms with Crippen LogP contribution in [0.4, 0.5) is 11.4 Å². The summed E-state index contributed by atoms with van der Waals surface area (Å²) in [6.45, 7) is 5.31. The number of hydrogen-bond acceptors (Lipinski definition) is 5. The third-order valence-corrected chi connectivity index (χ3v) is 3.34. The second-order valence-corrected chi connectivity index (χ2v) is 4.66. The van der Waals surface area contributed by atoms with Gasteiger partial charge in [0.15, 0.2) is 0 Å². The van der Waals surface area contributed by atoms with E-state index in [1.54, 1.807) is 35.0 Å². The molecule has 6 nitrogen and oxygen atoms in total.